The number of benzene rings is 2. The number of fused-ring (bicyclic) bond motifs is 1. The number of pyridine rings is 1. The molecule has 0 atom stereocenters. The van der Waals surface area contributed by atoms with Gasteiger partial charge in [-0.05, 0) is 43.3 Å². The number of nitrogens with one attached hydrogen (secondary N) is 1. The van der Waals surface area contributed by atoms with Gasteiger partial charge < -0.3 is 15.8 Å². The lowest BCUT2D eigenvalue weighted by Crippen LogP contribution is -2.11. The van der Waals surface area contributed by atoms with Crippen LogP contribution in [0.4, 0.5) is 11.4 Å². The van der Waals surface area contributed by atoms with Crippen molar-refractivity contribution in [1.29, 1.82) is 0 Å². The minimum atomic E-state index is -0.229. The zero-order valence-electron chi connectivity index (χ0n) is 15.5. The van der Waals surface area contributed by atoms with Gasteiger partial charge in [0.05, 0.1) is 18.5 Å². The largest absolute Gasteiger partial charge is 0.497 e. The third-order valence-corrected chi connectivity index (χ3v) is 5.59. The van der Waals surface area contributed by atoms with Crippen LogP contribution in [-0.4, -0.2) is 18.0 Å². The standard InChI is InChI=1S/C22H19N3O2S/c1-13-6-8-15(9-7-13)24-21(26)20-19(23)17-10-11-18(25-22(17)28-20)14-4-3-5-16(12-14)27-2/h3-12H,23H2,1-2H3,(H,24,26). The molecule has 6 heteroatoms. The summed E-state index contributed by atoms with van der Waals surface area (Å²) in [4.78, 5) is 18.6. The maximum atomic E-state index is 12.7. The molecule has 5 nitrogen and oxygen atoms in total. The van der Waals surface area contributed by atoms with Crippen molar-refractivity contribution in [2.75, 3.05) is 18.2 Å². The molecule has 4 rings (SSSR count). The van der Waals surface area contributed by atoms with Gasteiger partial charge in [0.15, 0.2) is 0 Å². The predicted octanol–water partition coefficient (Wildman–Crippen LogP) is 5.11. The van der Waals surface area contributed by atoms with E-state index in [9.17, 15) is 4.79 Å². The van der Waals surface area contributed by atoms with E-state index in [-0.39, 0.29) is 5.91 Å². The maximum Gasteiger partial charge on any atom is 0.267 e. The SMILES string of the molecule is COc1cccc(-c2ccc3c(N)c(C(=O)Nc4ccc(C)cc4)sc3n2)c1. The zero-order chi connectivity index (χ0) is 19.7. The van der Waals surface area contributed by atoms with Gasteiger partial charge in [0.2, 0.25) is 0 Å². The molecular weight excluding hydrogens is 370 g/mol. The molecule has 140 valence electrons. The molecular formula is C22H19N3O2S. The van der Waals surface area contributed by atoms with Crippen molar-refractivity contribution >= 4 is 38.8 Å². The molecule has 2 heterocycles. The van der Waals surface area contributed by atoms with Gasteiger partial charge in [0, 0.05) is 16.6 Å². The summed E-state index contributed by atoms with van der Waals surface area (Å²) in [5, 5.41) is 3.68. The number of aromatic nitrogens is 1. The first-order chi connectivity index (χ1) is 13.5. The van der Waals surface area contributed by atoms with E-state index in [2.05, 4.69) is 5.32 Å². The lowest BCUT2D eigenvalue weighted by molar-refractivity contribution is 0.103. The van der Waals surface area contributed by atoms with Gasteiger partial charge >= 0.3 is 0 Å². The summed E-state index contributed by atoms with van der Waals surface area (Å²) in [6.45, 7) is 2.00. The number of thiophene rings is 1. The van der Waals surface area contributed by atoms with E-state index in [0.29, 0.717) is 10.6 Å². The van der Waals surface area contributed by atoms with E-state index in [0.717, 1.165) is 38.5 Å². The van der Waals surface area contributed by atoms with Gasteiger partial charge in [-0.25, -0.2) is 4.98 Å². The number of rotatable bonds is 4. The Kier molecular flexibility index (Phi) is 4.71. The molecule has 4 aromatic rings. The maximum absolute atomic E-state index is 12.7. The Balaban J connectivity index is 1.67. The molecule has 0 aliphatic carbocycles. The fraction of sp³-hybridized carbons (Fsp3) is 0.0909. The number of nitrogens with zero attached hydrogens (tertiary/aromatic N) is 1. The van der Waals surface area contributed by atoms with Gasteiger partial charge in [-0.1, -0.05) is 29.8 Å². The smallest absolute Gasteiger partial charge is 0.267 e. The second-order valence-electron chi connectivity index (χ2n) is 6.45. The highest BCUT2D eigenvalue weighted by atomic mass is 32.1. The molecule has 0 bridgehead atoms. The van der Waals surface area contributed by atoms with E-state index in [1.807, 2.05) is 67.6 Å². The number of hydrogen-bond donors (Lipinski definition) is 2. The molecule has 0 unspecified atom stereocenters. The average Bonchev–Trinajstić information content (AvgIpc) is 3.06. The van der Waals surface area contributed by atoms with E-state index >= 15 is 0 Å². The Bertz CT molecular complexity index is 1170. The normalized spacial score (nSPS) is 10.8. The zero-order valence-corrected chi connectivity index (χ0v) is 16.3. The molecule has 28 heavy (non-hydrogen) atoms. The van der Waals surface area contributed by atoms with E-state index in [1.54, 1.807) is 7.11 Å². The molecule has 0 saturated heterocycles. The summed E-state index contributed by atoms with van der Waals surface area (Å²) in [6, 6.07) is 19.2. The highest BCUT2D eigenvalue weighted by molar-refractivity contribution is 7.21. The first-order valence-electron chi connectivity index (χ1n) is 8.76. The monoisotopic (exact) mass is 389 g/mol. The molecule has 2 aromatic heterocycles. The van der Waals surface area contributed by atoms with Gasteiger partial charge in [-0.3, -0.25) is 4.79 Å². The summed E-state index contributed by atoms with van der Waals surface area (Å²) >= 11 is 1.29. The lowest BCUT2D eigenvalue weighted by Gasteiger charge is -2.04. The number of hydrogen-bond acceptors (Lipinski definition) is 5. The van der Waals surface area contributed by atoms with Crippen molar-refractivity contribution in [2.45, 2.75) is 6.92 Å². The predicted molar refractivity (Wildman–Crippen MR) is 115 cm³/mol. The highest BCUT2D eigenvalue weighted by Gasteiger charge is 2.18. The molecule has 3 N–H and O–H groups in total. The van der Waals surface area contributed by atoms with Gasteiger partial charge in [-0.2, -0.15) is 0 Å². The van der Waals surface area contributed by atoms with E-state index < -0.39 is 0 Å². The minimum Gasteiger partial charge on any atom is -0.497 e. The first-order valence-corrected chi connectivity index (χ1v) is 9.58. The highest BCUT2D eigenvalue weighted by Crippen LogP contribution is 2.35. The summed E-state index contributed by atoms with van der Waals surface area (Å²) in [5.74, 6) is 0.538. The van der Waals surface area contributed by atoms with E-state index in [1.165, 1.54) is 11.3 Å². The van der Waals surface area contributed by atoms with Crippen LogP contribution < -0.4 is 15.8 Å². The van der Waals surface area contributed by atoms with Gasteiger partial charge in [-0.15, -0.1) is 11.3 Å². The van der Waals surface area contributed by atoms with Gasteiger partial charge in [0.25, 0.3) is 5.91 Å². The van der Waals surface area contributed by atoms with Crippen LogP contribution in [0.2, 0.25) is 0 Å². The van der Waals surface area contributed by atoms with Crippen molar-refractivity contribution < 1.29 is 9.53 Å². The molecule has 0 aliphatic heterocycles. The van der Waals surface area contributed by atoms with Crippen molar-refractivity contribution in [3.63, 3.8) is 0 Å². The van der Waals surface area contributed by atoms with Crippen LogP contribution in [-0.2, 0) is 0 Å². The molecule has 2 aromatic carbocycles. The van der Waals surface area contributed by atoms with Crippen molar-refractivity contribution in [1.82, 2.24) is 4.98 Å². The number of nitrogens with two attached hydrogens (primary N) is 1. The lowest BCUT2D eigenvalue weighted by atomic mass is 10.1. The quantitative estimate of drug-likeness (QED) is 0.508. The number of ether oxygens (including phenoxy) is 1. The molecule has 0 radical (unpaired) electrons. The number of methoxy groups -OCH3 is 1. The van der Waals surface area contributed by atoms with Crippen LogP contribution >= 0.6 is 11.3 Å². The minimum absolute atomic E-state index is 0.229. The number of nitrogen functional groups attached to an aromatic ring is 1. The Hall–Kier alpha value is -3.38. The second kappa shape index (κ2) is 7.32. The fourth-order valence-electron chi connectivity index (χ4n) is 2.93. The number of aryl methyl sites for hydroxylation is 1. The number of anilines is 2. The van der Waals surface area contributed by atoms with Crippen molar-refractivity contribution in [2.24, 2.45) is 0 Å². The average molecular weight is 389 g/mol. The topological polar surface area (TPSA) is 77.2 Å². The van der Waals surface area contributed by atoms with Crippen molar-refractivity contribution in [3.8, 4) is 17.0 Å². The third kappa shape index (κ3) is 3.42. The van der Waals surface area contributed by atoms with Gasteiger partial charge in [0.1, 0.15) is 15.5 Å². The molecule has 0 fully saturated rings. The summed E-state index contributed by atoms with van der Waals surface area (Å²) < 4.78 is 5.28. The van der Waals surface area contributed by atoms with Crippen LogP contribution in [0.25, 0.3) is 21.5 Å². The number of carbonyl (C=O) groups is 1. The fourth-order valence-corrected chi connectivity index (χ4v) is 3.92. The Labute approximate surface area is 166 Å². The van der Waals surface area contributed by atoms with E-state index in [4.69, 9.17) is 15.5 Å². The third-order valence-electron chi connectivity index (χ3n) is 4.47. The van der Waals surface area contributed by atoms with Crippen LogP contribution in [0.5, 0.6) is 5.75 Å². The number of amides is 1. The van der Waals surface area contributed by atoms with Crippen LogP contribution in [0.1, 0.15) is 15.2 Å². The second-order valence-corrected chi connectivity index (χ2v) is 7.45. The molecule has 1 amide bonds. The first kappa shape index (κ1) is 18.0. The van der Waals surface area contributed by atoms with Crippen LogP contribution in [0.3, 0.4) is 0 Å². The summed E-state index contributed by atoms with van der Waals surface area (Å²) in [5.41, 5.74) is 10.3. The Morgan fingerprint density at radius 3 is 2.64 bits per heavy atom. The Morgan fingerprint density at radius 1 is 1.11 bits per heavy atom. The molecule has 0 spiro atoms. The summed E-state index contributed by atoms with van der Waals surface area (Å²) in [6.07, 6.45) is 0. The number of carbonyl (C=O) groups excluding carboxylic acids is 1. The van der Waals surface area contributed by atoms with Crippen LogP contribution in [0, 0.1) is 6.92 Å². The van der Waals surface area contributed by atoms with Crippen molar-refractivity contribution in [3.05, 3.63) is 71.1 Å². The Morgan fingerprint density at radius 2 is 1.89 bits per heavy atom. The molecule has 0 aliphatic rings. The van der Waals surface area contributed by atoms with Crippen LogP contribution in [0.15, 0.2) is 60.7 Å². The molecule has 0 saturated carbocycles. The summed E-state index contributed by atoms with van der Waals surface area (Å²) in [7, 11) is 1.63.